The van der Waals surface area contributed by atoms with E-state index in [1.54, 1.807) is 0 Å². The summed E-state index contributed by atoms with van der Waals surface area (Å²) in [7, 11) is 6.00. The summed E-state index contributed by atoms with van der Waals surface area (Å²) in [6.45, 7) is 2.07. The van der Waals surface area contributed by atoms with E-state index in [0.29, 0.717) is 0 Å². The van der Waals surface area contributed by atoms with Gasteiger partial charge in [0.1, 0.15) is 6.29 Å². The highest BCUT2D eigenvalue weighted by atomic mass is 16.1. The molecule has 10 heavy (non-hydrogen) atoms. The molecular weight excluding hydrogens is 126 g/mol. The van der Waals surface area contributed by atoms with Crippen LogP contribution in [0.1, 0.15) is 26.2 Å². The third-order valence-corrected chi connectivity index (χ3v) is 0.676. The minimum atomic E-state index is 0.733. The third-order valence-electron chi connectivity index (χ3n) is 0.676. The molecule has 0 aliphatic carbocycles. The van der Waals surface area contributed by atoms with Crippen molar-refractivity contribution in [3.05, 3.63) is 0 Å². The van der Waals surface area contributed by atoms with Gasteiger partial charge in [0.05, 0.1) is 0 Å². The fourth-order valence-corrected chi connectivity index (χ4v) is 0.287. The Balaban J connectivity index is 0. The Morgan fingerprint density at radius 1 is 1.30 bits per heavy atom. The maximum absolute atomic E-state index is 9.56. The molecule has 0 spiro atoms. The van der Waals surface area contributed by atoms with E-state index in [1.165, 1.54) is 0 Å². The fraction of sp³-hybridized carbons (Fsp3) is 0.875. The lowest BCUT2D eigenvalue weighted by Crippen LogP contribution is -1.99. The van der Waals surface area contributed by atoms with Gasteiger partial charge in [-0.1, -0.05) is 13.3 Å². The molecule has 62 valence electrons. The first-order valence-electron chi connectivity index (χ1n) is 3.69. The third kappa shape index (κ3) is 48.5. The van der Waals surface area contributed by atoms with Gasteiger partial charge >= 0.3 is 0 Å². The number of hydrogen-bond donors (Lipinski definition) is 0. The second-order valence-electron chi connectivity index (χ2n) is 2.65. The molecule has 0 aliphatic rings. The van der Waals surface area contributed by atoms with Crippen LogP contribution >= 0.6 is 0 Å². The molecule has 0 saturated heterocycles. The Labute approximate surface area is 64.2 Å². The summed E-state index contributed by atoms with van der Waals surface area (Å²) < 4.78 is 0. The Morgan fingerprint density at radius 2 is 1.70 bits per heavy atom. The van der Waals surface area contributed by atoms with Crippen LogP contribution in [0, 0.1) is 0 Å². The Hall–Kier alpha value is -0.370. The molecule has 0 atom stereocenters. The fourth-order valence-electron chi connectivity index (χ4n) is 0.287. The van der Waals surface area contributed by atoms with Crippen LogP contribution in [0.3, 0.4) is 0 Å². The highest BCUT2D eigenvalue weighted by Crippen LogP contribution is 1.87. The van der Waals surface area contributed by atoms with Gasteiger partial charge < -0.3 is 9.69 Å². The van der Waals surface area contributed by atoms with E-state index in [0.717, 1.165) is 25.5 Å². The van der Waals surface area contributed by atoms with E-state index < -0.39 is 0 Å². The number of aldehydes is 1. The molecule has 0 aliphatic heterocycles. The topological polar surface area (TPSA) is 20.3 Å². The number of carbonyl (C=O) groups excluding carboxylic acids is 1. The van der Waals surface area contributed by atoms with E-state index >= 15 is 0 Å². The van der Waals surface area contributed by atoms with Crippen LogP contribution in [0.2, 0.25) is 0 Å². The Morgan fingerprint density at radius 3 is 1.80 bits per heavy atom. The zero-order valence-corrected chi connectivity index (χ0v) is 7.55. The minimum Gasteiger partial charge on any atom is -0.312 e. The van der Waals surface area contributed by atoms with Crippen molar-refractivity contribution in [1.82, 2.24) is 4.90 Å². The lowest BCUT2D eigenvalue weighted by Gasteiger charge is -1.90. The number of rotatable bonds is 3. The number of nitrogens with zero attached hydrogens (tertiary/aromatic N) is 1. The smallest absolute Gasteiger partial charge is 0.119 e. The van der Waals surface area contributed by atoms with Crippen molar-refractivity contribution in [1.29, 1.82) is 0 Å². The van der Waals surface area contributed by atoms with Crippen LogP contribution in [-0.4, -0.2) is 32.3 Å². The quantitative estimate of drug-likeness (QED) is 0.443. The molecule has 0 unspecified atom stereocenters. The molecule has 0 N–H and O–H groups in total. The van der Waals surface area contributed by atoms with E-state index in [-0.39, 0.29) is 0 Å². The number of hydrogen-bond acceptors (Lipinski definition) is 2. The second kappa shape index (κ2) is 11.4. The summed E-state index contributed by atoms with van der Waals surface area (Å²) in [4.78, 5) is 11.6. The van der Waals surface area contributed by atoms with Crippen molar-refractivity contribution in [2.45, 2.75) is 26.2 Å². The largest absolute Gasteiger partial charge is 0.312 e. The van der Waals surface area contributed by atoms with Crippen molar-refractivity contribution in [3.8, 4) is 0 Å². The molecule has 0 heterocycles. The van der Waals surface area contributed by atoms with Gasteiger partial charge in [-0.15, -0.1) is 0 Å². The molecule has 0 aromatic rings. The van der Waals surface area contributed by atoms with Gasteiger partial charge in [-0.25, -0.2) is 0 Å². The first-order valence-corrected chi connectivity index (χ1v) is 3.69. The first-order chi connectivity index (χ1) is 4.65. The van der Waals surface area contributed by atoms with Gasteiger partial charge in [-0.05, 0) is 27.6 Å². The lowest BCUT2D eigenvalue weighted by molar-refractivity contribution is -0.107. The Kier molecular flexibility index (Phi) is 14.1. The molecule has 0 fully saturated rings. The molecule has 0 bridgehead atoms. The minimum absolute atomic E-state index is 0.733. The maximum Gasteiger partial charge on any atom is 0.119 e. The zero-order valence-electron chi connectivity index (χ0n) is 7.55. The normalized spacial score (nSPS) is 8.50. The molecule has 0 saturated carbocycles. The predicted molar refractivity (Wildman–Crippen MR) is 45.2 cm³/mol. The monoisotopic (exact) mass is 145 g/mol. The van der Waals surface area contributed by atoms with E-state index in [2.05, 4.69) is 6.92 Å². The molecule has 2 heteroatoms. The average Bonchev–Trinajstić information content (AvgIpc) is 1.82. The molecule has 2 nitrogen and oxygen atoms in total. The molecule has 0 amide bonds. The van der Waals surface area contributed by atoms with Gasteiger partial charge in [0.25, 0.3) is 0 Å². The van der Waals surface area contributed by atoms with Crippen molar-refractivity contribution >= 4 is 6.29 Å². The van der Waals surface area contributed by atoms with Crippen LogP contribution in [0.5, 0.6) is 0 Å². The molecule has 0 aromatic carbocycles. The van der Waals surface area contributed by atoms with E-state index in [9.17, 15) is 4.79 Å². The molecule has 0 rings (SSSR count). The second-order valence-corrected chi connectivity index (χ2v) is 2.65. The van der Waals surface area contributed by atoms with Crippen LogP contribution in [-0.2, 0) is 4.79 Å². The van der Waals surface area contributed by atoms with Crippen LogP contribution < -0.4 is 0 Å². The summed E-state index contributed by atoms with van der Waals surface area (Å²) in [5.74, 6) is 0. The summed E-state index contributed by atoms with van der Waals surface area (Å²) >= 11 is 0. The van der Waals surface area contributed by atoms with Crippen LogP contribution in [0.4, 0.5) is 0 Å². The maximum atomic E-state index is 9.56. The van der Waals surface area contributed by atoms with Crippen molar-refractivity contribution < 1.29 is 4.79 Å². The molecule has 0 radical (unpaired) electrons. The van der Waals surface area contributed by atoms with E-state index in [4.69, 9.17) is 0 Å². The van der Waals surface area contributed by atoms with Gasteiger partial charge in [0.15, 0.2) is 0 Å². The van der Waals surface area contributed by atoms with Crippen LogP contribution in [0.25, 0.3) is 0 Å². The summed E-state index contributed by atoms with van der Waals surface area (Å²) in [6, 6.07) is 0. The first kappa shape index (κ1) is 12.3. The van der Waals surface area contributed by atoms with Gasteiger partial charge in [-0.2, -0.15) is 0 Å². The summed E-state index contributed by atoms with van der Waals surface area (Å²) in [6.07, 6.45) is 3.86. The predicted octanol–water partition coefficient (Wildman–Crippen LogP) is 1.55. The molecular formula is C8H19NO. The Bertz CT molecular complexity index is 59.5. The van der Waals surface area contributed by atoms with E-state index in [1.807, 2.05) is 26.0 Å². The zero-order chi connectivity index (χ0) is 8.41. The van der Waals surface area contributed by atoms with Gasteiger partial charge in [0.2, 0.25) is 0 Å². The number of unbranched alkanes of at least 4 members (excludes halogenated alkanes) is 2. The SMILES string of the molecule is CCCCC=O.CN(C)C. The summed E-state index contributed by atoms with van der Waals surface area (Å²) in [5, 5.41) is 0. The standard InChI is InChI=1S/C5H10O.C3H9N/c1-2-3-4-5-6;1-4(2)3/h5H,2-4H2,1H3;1-3H3. The number of carbonyl (C=O) groups is 1. The van der Waals surface area contributed by atoms with Gasteiger partial charge in [-0.3, -0.25) is 0 Å². The summed E-state index contributed by atoms with van der Waals surface area (Å²) in [5.41, 5.74) is 0. The van der Waals surface area contributed by atoms with Crippen LogP contribution in [0.15, 0.2) is 0 Å². The highest BCUT2D eigenvalue weighted by molar-refractivity contribution is 5.48. The molecule has 0 aromatic heterocycles. The van der Waals surface area contributed by atoms with Crippen molar-refractivity contribution in [3.63, 3.8) is 0 Å². The van der Waals surface area contributed by atoms with Gasteiger partial charge in [0, 0.05) is 6.42 Å². The lowest BCUT2D eigenvalue weighted by atomic mass is 10.3. The van der Waals surface area contributed by atoms with Crippen molar-refractivity contribution in [2.24, 2.45) is 0 Å². The highest BCUT2D eigenvalue weighted by Gasteiger charge is 1.74. The van der Waals surface area contributed by atoms with Crippen molar-refractivity contribution in [2.75, 3.05) is 21.1 Å². The average molecular weight is 145 g/mol.